The van der Waals surface area contributed by atoms with Crippen molar-refractivity contribution in [3.05, 3.63) is 78.6 Å². The van der Waals surface area contributed by atoms with Gasteiger partial charge in [-0.2, -0.15) is 0 Å². The summed E-state index contributed by atoms with van der Waals surface area (Å²) in [5, 5.41) is 2.75. The maximum Gasteiger partial charge on any atom is 0.329 e. The van der Waals surface area contributed by atoms with E-state index in [9.17, 15) is 14.4 Å². The fourth-order valence-electron chi connectivity index (χ4n) is 5.01. The van der Waals surface area contributed by atoms with Crippen LogP contribution in [0.2, 0.25) is 0 Å². The van der Waals surface area contributed by atoms with Gasteiger partial charge in [0.15, 0.2) is 17.2 Å². The number of carbonyl (C=O) groups is 3. The van der Waals surface area contributed by atoms with Crippen LogP contribution in [0.5, 0.6) is 23.0 Å². The SMILES string of the molecule is COc1ccnc(C(=O)NC2CCCC(CCOc3ccccc3)C(Oc3ccccc3)C(C)OC2=O)c1OCOC(C)=O. The third-order valence-corrected chi connectivity index (χ3v) is 7.17. The average molecular weight is 607 g/mol. The summed E-state index contributed by atoms with van der Waals surface area (Å²) in [7, 11) is 1.40. The molecule has 2 heterocycles. The smallest absolute Gasteiger partial charge is 0.329 e. The van der Waals surface area contributed by atoms with E-state index in [1.807, 2.05) is 60.7 Å². The number of aromatic nitrogens is 1. The summed E-state index contributed by atoms with van der Waals surface area (Å²) in [5.74, 6) is -0.167. The first-order chi connectivity index (χ1) is 21.4. The number of hydrogen-bond acceptors (Lipinski definition) is 10. The van der Waals surface area contributed by atoms with Crippen LogP contribution in [0.3, 0.4) is 0 Å². The van der Waals surface area contributed by atoms with Gasteiger partial charge in [-0.1, -0.05) is 42.8 Å². The van der Waals surface area contributed by atoms with Crippen LogP contribution in [0.4, 0.5) is 0 Å². The Morgan fingerprint density at radius 3 is 2.36 bits per heavy atom. The second kappa shape index (κ2) is 16.2. The Morgan fingerprint density at radius 1 is 0.977 bits per heavy atom. The third-order valence-electron chi connectivity index (χ3n) is 7.17. The summed E-state index contributed by atoms with van der Waals surface area (Å²) in [6.45, 7) is 3.05. The van der Waals surface area contributed by atoms with Crippen LogP contribution in [0.25, 0.3) is 0 Å². The second-order valence-electron chi connectivity index (χ2n) is 10.3. The van der Waals surface area contributed by atoms with E-state index in [-0.39, 0.29) is 23.1 Å². The highest BCUT2D eigenvalue weighted by atomic mass is 16.7. The molecule has 44 heavy (non-hydrogen) atoms. The molecule has 0 saturated carbocycles. The number of ether oxygens (including phenoxy) is 6. The van der Waals surface area contributed by atoms with E-state index in [2.05, 4.69) is 10.3 Å². The quantitative estimate of drug-likeness (QED) is 0.228. The molecule has 0 radical (unpaired) electrons. The molecule has 1 amide bonds. The Labute approximate surface area is 256 Å². The van der Waals surface area contributed by atoms with Crippen molar-refractivity contribution in [2.24, 2.45) is 5.92 Å². The molecule has 3 aromatic rings. The molecule has 1 saturated heterocycles. The van der Waals surface area contributed by atoms with Crippen LogP contribution in [-0.4, -0.2) is 61.6 Å². The number of para-hydroxylation sites is 2. The highest BCUT2D eigenvalue weighted by Crippen LogP contribution is 2.31. The van der Waals surface area contributed by atoms with Crippen LogP contribution < -0.4 is 24.3 Å². The Bertz CT molecular complexity index is 1370. The largest absolute Gasteiger partial charge is 0.494 e. The van der Waals surface area contributed by atoms with E-state index in [1.54, 1.807) is 6.92 Å². The first kappa shape index (κ1) is 32.1. The molecule has 1 aromatic heterocycles. The number of esters is 2. The molecule has 4 unspecified atom stereocenters. The summed E-state index contributed by atoms with van der Waals surface area (Å²) >= 11 is 0. The van der Waals surface area contributed by atoms with Crippen molar-refractivity contribution in [3.63, 3.8) is 0 Å². The fourth-order valence-corrected chi connectivity index (χ4v) is 5.01. The molecule has 1 aliphatic rings. The van der Waals surface area contributed by atoms with Gasteiger partial charge < -0.3 is 33.7 Å². The van der Waals surface area contributed by atoms with Gasteiger partial charge in [0, 0.05) is 25.1 Å². The van der Waals surface area contributed by atoms with Gasteiger partial charge in [-0.15, -0.1) is 0 Å². The predicted octanol–water partition coefficient (Wildman–Crippen LogP) is 4.74. The van der Waals surface area contributed by atoms with Gasteiger partial charge >= 0.3 is 11.9 Å². The lowest BCUT2D eigenvalue weighted by molar-refractivity contribution is -0.156. The summed E-state index contributed by atoms with van der Waals surface area (Å²) < 4.78 is 34.0. The van der Waals surface area contributed by atoms with Gasteiger partial charge in [-0.3, -0.25) is 9.59 Å². The number of pyridine rings is 1. The monoisotopic (exact) mass is 606 g/mol. The van der Waals surface area contributed by atoms with Crippen LogP contribution >= 0.6 is 0 Å². The van der Waals surface area contributed by atoms with E-state index in [1.165, 1.54) is 26.3 Å². The standard InChI is InChI=1S/C33H38N2O9/c1-22-30(44-26-14-8-5-9-15-26)24(18-20-40-25-12-6-4-7-13-25)11-10-16-27(33(38)43-22)35-32(37)29-31(42-21-41-23(2)36)28(39-3)17-19-34-29/h4-9,12-15,17,19,22,24,27,30H,10-11,16,18,20-21H2,1-3H3,(H,35,37). The Hall–Kier alpha value is -4.80. The van der Waals surface area contributed by atoms with Crippen molar-refractivity contribution in [2.75, 3.05) is 20.5 Å². The van der Waals surface area contributed by atoms with Crippen molar-refractivity contribution in [2.45, 2.75) is 57.8 Å². The summed E-state index contributed by atoms with van der Waals surface area (Å²) in [6, 6.07) is 19.5. The van der Waals surface area contributed by atoms with Gasteiger partial charge in [0.25, 0.3) is 5.91 Å². The van der Waals surface area contributed by atoms with Crippen molar-refractivity contribution in [1.82, 2.24) is 10.3 Å². The summed E-state index contributed by atoms with van der Waals surface area (Å²) in [6.07, 6.45) is 2.62. The minimum absolute atomic E-state index is 0.00232. The second-order valence-corrected chi connectivity index (χ2v) is 10.3. The highest BCUT2D eigenvalue weighted by Gasteiger charge is 2.36. The van der Waals surface area contributed by atoms with E-state index < -0.39 is 42.9 Å². The third kappa shape index (κ3) is 9.10. The molecule has 234 valence electrons. The van der Waals surface area contributed by atoms with Gasteiger partial charge in [0.2, 0.25) is 6.79 Å². The zero-order valence-electron chi connectivity index (χ0n) is 25.1. The lowest BCUT2D eigenvalue weighted by atomic mass is 9.89. The molecular weight excluding hydrogens is 568 g/mol. The van der Waals surface area contributed by atoms with Gasteiger partial charge in [-0.25, -0.2) is 9.78 Å². The first-order valence-corrected chi connectivity index (χ1v) is 14.6. The molecule has 0 aliphatic carbocycles. The van der Waals surface area contributed by atoms with Crippen molar-refractivity contribution >= 4 is 17.8 Å². The van der Waals surface area contributed by atoms with Gasteiger partial charge in [-0.05, 0) is 50.5 Å². The van der Waals surface area contributed by atoms with E-state index in [0.717, 1.165) is 5.75 Å². The van der Waals surface area contributed by atoms with Crippen molar-refractivity contribution in [1.29, 1.82) is 0 Å². The Morgan fingerprint density at radius 2 is 1.68 bits per heavy atom. The molecule has 11 heteroatoms. The summed E-state index contributed by atoms with van der Waals surface area (Å²) in [4.78, 5) is 42.1. The number of hydrogen-bond donors (Lipinski definition) is 1. The topological polar surface area (TPSA) is 132 Å². The Balaban J connectivity index is 1.49. The van der Waals surface area contributed by atoms with E-state index in [0.29, 0.717) is 38.0 Å². The average Bonchev–Trinajstić information content (AvgIpc) is 3.07. The molecule has 0 bridgehead atoms. The maximum absolute atomic E-state index is 13.4. The van der Waals surface area contributed by atoms with Crippen LogP contribution in [0, 0.1) is 5.92 Å². The zero-order chi connectivity index (χ0) is 31.3. The molecule has 1 aliphatic heterocycles. The number of rotatable bonds is 12. The van der Waals surface area contributed by atoms with Gasteiger partial charge in [0.05, 0.1) is 13.7 Å². The van der Waals surface area contributed by atoms with Crippen LogP contribution in [0.1, 0.15) is 50.0 Å². The normalized spacial score (nSPS) is 20.1. The highest BCUT2D eigenvalue weighted by molar-refractivity contribution is 5.98. The fraction of sp³-hybridized carbons (Fsp3) is 0.394. The number of benzene rings is 2. The minimum Gasteiger partial charge on any atom is -0.494 e. The predicted molar refractivity (Wildman–Crippen MR) is 160 cm³/mol. The molecule has 2 aromatic carbocycles. The minimum atomic E-state index is -0.948. The number of nitrogens with zero attached hydrogens (tertiary/aromatic N) is 1. The molecule has 4 rings (SSSR count). The van der Waals surface area contributed by atoms with Gasteiger partial charge in [0.1, 0.15) is 29.7 Å². The Kier molecular flexibility index (Phi) is 11.8. The van der Waals surface area contributed by atoms with Crippen molar-refractivity contribution < 1.29 is 42.8 Å². The number of carbonyl (C=O) groups excluding carboxylic acids is 3. The number of amides is 1. The first-order valence-electron chi connectivity index (χ1n) is 14.6. The number of cyclic esters (lactones) is 1. The summed E-state index contributed by atoms with van der Waals surface area (Å²) in [5.41, 5.74) is -0.126. The maximum atomic E-state index is 13.4. The lowest BCUT2D eigenvalue weighted by Gasteiger charge is -2.31. The number of nitrogens with one attached hydrogen (secondary N) is 1. The van der Waals surface area contributed by atoms with E-state index >= 15 is 0 Å². The molecule has 1 fully saturated rings. The molecule has 0 spiro atoms. The lowest BCUT2D eigenvalue weighted by Crippen LogP contribution is -2.45. The molecule has 4 atom stereocenters. The van der Waals surface area contributed by atoms with Crippen LogP contribution in [0.15, 0.2) is 72.9 Å². The molecule has 11 nitrogen and oxygen atoms in total. The molecular formula is C33H38N2O9. The number of methoxy groups -OCH3 is 1. The van der Waals surface area contributed by atoms with E-state index in [4.69, 9.17) is 28.4 Å². The van der Waals surface area contributed by atoms with Crippen molar-refractivity contribution in [3.8, 4) is 23.0 Å². The van der Waals surface area contributed by atoms with Crippen LogP contribution in [-0.2, 0) is 19.1 Å². The zero-order valence-corrected chi connectivity index (χ0v) is 25.1. The molecule has 1 N–H and O–H groups in total.